The number of fused-ring (bicyclic) bond motifs is 1. The van der Waals surface area contributed by atoms with Crippen LogP contribution in [0, 0.1) is 0 Å². The fraction of sp³-hybridized carbons (Fsp3) is 0.350. The van der Waals surface area contributed by atoms with Crippen molar-refractivity contribution in [2.75, 3.05) is 37.4 Å². The lowest BCUT2D eigenvalue weighted by Crippen LogP contribution is -2.28. The van der Waals surface area contributed by atoms with Crippen LogP contribution in [0.4, 0.5) is 5.69 Å². The maximum absolute atomic E-state index is 12.7. The van der Waals surface area contributed by atoms with E-state index in [1.807, 2.05) is 18.2 Å². The van der Waals surface area contributed by atoms with Crippen LogP contribution < -0.4 is 14.8 Å². The van der Waals surface area contributed by atoms with E-state index in [4.69, 9.17) is 9.47 Å². The molecule has 2 heterocycles. The van der Waals surface area contributed by atoms with Crippen molar-refractivity contribution in [3.63, 3.8) is 0 Å². The van der Waals surface area contributed by atoms with Crippen molar-refractivity contribution in [2.45, 2.75) is 22.6 Å². The molecule has 1 N–H and O–H groups in total. The molecule has 0 saturated carbocycles. The number of sulfonamides is 1. The van der Waals surface area contributed by atoms with Crippen molar-refractivity contribution in [1.29, 1.82) is 0 Å². The number of benzene rings is 2. The third-order valence-electron chi connectivity index (χ3n) is 4.70. The van der Waals surface area contributed by atoms with Crippen molar-refractivity contribution in [3.05, 3.63) is 42.5 Å². The van der Waals surface area contributed by atoms with Crippen LogP contribution in [0.15, 0.2) is 52.3 Å². The molecule has 7 nitrogen and oxygen atoms in total. The van der Waals surface area contributed by atoms with Gasteiger partial charge in [0.05, 0.1) is 10.6 Å². The number of carbonyl (C=O) groups excluding carboxylic acids is 1. The quantitative estimate of drug-likeness (QED) is 0.704. The van der Waals surface area contributed by atoms with E-state index in [9.17, 15) is 13.2 Å². The summed E-state index contributed by atoms with van der Waals surface area (Å²) in [6, 6.07) is 12.0. The zero-order chi connectivity index (χ0) is 20.3. The number of rotatable bonds is 6. The van der Waals surface area contributed by atoms with Gasteiger partial charge in [-0.2, -0.15) is 4.31 Å². The zero-order valence-corrected chi connectivity index (χ0v) is 17.4. The van der Waals surface area contributed by atoms with Crippen LogP contribution in [-0.4, -0.2) is 50.7 Å². The van der Waals surface area contributed by atoms with E-state index in [-0.39, 0.29) is 16.6 Å². The van der Waals surface area contributed by atoms with Gasteiger partial charge in [0.2, 0.25) is 15.9 Å². The molecule has 2 aromatic rings. The third-order valence-corrected chi connectivity index (χ3v) is 7.59. The summed E-state index contributed by atoms with van der Waals surface area (Å²) in [7, 11) is -3.51. The van der Waals surface area contributed by atoms with E-state index in [1.54, 1.807) is 18.2 Å². The Kier molecular flexibility index (Phi) is 5.98. The van der Waals surface area contributed by atoms with Gasteiger partial charge in [0.25, 0.3) is 0 Å². The van der Waals surface area contributed by atoms with Crippen LogP contribution in [0.5, 0.6) is 11.5 Å². The molecule has 0 unspecified atom stereocenters. The van der Waals surface area contributed by atoms with Crippen LogP contribution in [0.3, 0.4) is 0 Å². The Balaban J connectivity index is 1.37. The molecule has 0 aliphatic carbocycles. The first-order chi connectivity index (χ1) is 14.0. The Morgan fingerprint density at radius 3 is 2.59 bits per heavy atom. The van der Waals surface area contributed by atoms with Crippen molar-refractivity contribution in [1.82, 2.24) is 4.31 Å². The van der Waals surface area contributed by atoms with Crippen LogP contribution in [0.25, 0.3) is 0 Å². The van der Waals surface area contributed by atoms with Crippen molar-refractivity contribution in [3.8, 4) is 11.5 Å². The highest BCUT2D eigenvalue weighted by atomic mass is 32.2. The fourth-order valence-corrected chi connectivity index (χ4v) is 5.56. The number of hydrogen-bond donors (Lipinski definition) is 1. The number of carbonyl (C=O) groups is 1. The minimum atomic E-state index is -3.51. The average Bonchev–Trinajstić information content (AvgIpc) is 3.28. The molecule has 29 heavy (non-hydrogen) atoms. The molecule has 9 heteroatoms. The first kappa shape index (κ1) is 20.1. The molecule has 1 fully saturated rings. The summed E-state index contributed by atoms with van der Waals surface area (Å²) < 4.78 is 37.9. The largest absolute Gasteiger partial charge is 0.486 e. The first-order valence-electron chi connectivity index (χ1n) is 9.45. The number of ether oxygens (including phenoxy) is 2. The van der Waals surface area contributed by atoms with Crippen LogP contribution in [0.2, 0.25) is 0 Å². The number of nitrogens with zero attached hydrogens (tertiary/aromatic N) is 1. The smallest absolute Gasteiger partial charge is 0.243 e. The third kappa shape index (κ3) is 4.68. The number of amides is 1. The van der Waals surface area contributed by atoms with Gasteiger partial charge in [-0.05, 0) is 49.2 Å². The van der Waals surface area contributed by atoms with Crippen LogP contribution in [0.1, 0.15) is 12.8 Å². The predicted octanol–water partition coefficient (Wildman–Crippen LogP) is 2.97. The van der Waals surface area contributed by atoms with Gasteiger partial charge >= 0.3 is 0 Å². The molecule has 154 valence electrons. The molecule has 2 aromatic carbocycles. The van der Waals surface area contributed by atoms with E-state index < -0.39 is 10.0 Å². The molecule has 1 amide bonds. The molecule has 1 saturated heterocycles. The zero-order valence-electron chi connectivity index (χ0n) is 15.8. The summed E-state index contributed by atoms with van der Waals surface area (Å²) >= 11 is 1.38. The normalized spacial score (nSPS) is 16.6. The number of nitrogens with one attached hydrogen (secondary N) is 1. The molecule has 0 radical (unpaired) electrons. The monoisotopic (exact) mass is 434 g/mol. The minimum absolute atomic E-state index is 0.197. The van der Waals surface area contributed by atoms with E-state index >= 15 is 0 Å². The Hall–Kier alpha value is -2.23. The molecule has 2 aliphatic rings. The molecule has 0 spiro atoms. The van der Waals surface area contributed by atoms with Crippen LogP contribution >= 0.6 is 11.8 Å². The second kappa shape index (κ2) is 8.64. The first-order valence-corrected chi connectivity index (χ1v) is 11.9. The summed E-state index contributed by atoms with van der Waals surface area (Å²) in [6.07, 6.45) is 1.76. The highest BCUT2D eigenvalue weighted by molar-refractivity contribution is 8.00. The lowest BCUT2D eigenvalue weighted by molar-refractivity contribution is -0.113. The SMILES string of the molecule is O=C(CSc1ccc2c(c1)OCCO2)Nc1cccc(S(=O)(=O)N2CCCC2)c1. The summed E-state index contributed by atoms with van der Waals surface area (Å²) in [4.78, 5) is 13.4. The van der Waals surface area contributed by atoms with Crippen molar-refractivity contribution in [2.24, 2.45) is 0 Å². The van der Waals surface area contributed by atoms with Gasteiger partial charge in [-0.1, -0.05) is 6.07 Å². The summed E-state index contributed by atoms with van der Waals surface area (Å²) in [5, 5.41) is 2.78. The molecule has 0 bridgehead atoms. The number of hydrogen-bond acceptors (Lipinski definition) is 6. The molecule has 0 aromatic heterocycles. The van der Waals surface area contributed by atoms with E-state index in [2.05, 4.69) is 5.32 Å². The molecular weight excluding hydrogens is 412 g/mol. The van der Waals surface area contributed by atoms with E-state index in [0.717, 1.165) is 17.7 Å². The molecule has 0 atom stereocenters. The Morgan fingerprint density at radius 1 is 1.03 bits per heavy atom. The molecule has 2 aliphatic heterocycles. The van der Waals surface area contributed by atoms with Gasteiger partial charge in [-0.25, -0.2) is 8.42 Å². The molecule has 4 rings (SSSR count). The van der Waals surface area contributed by atoms with E-state index in [0.29, 0.717) is 43.5 Å². The Morgan fingerprint density at radius 2 is 1.79 bits per heavy atom. The second-order valence-corrected chi connectivity index (χ2v) is 9.77. The summed E-state index contributed by atoms with van der Waals surface area (Å²) in [5.41, 5.74) is 0.470. The van der Waals surface area contributed by atoms with Gasteiger partial charge in [-0.3, -0.25) is 4.79 Å². The lowest BCUT2D eigenvalue weighted by Gasteiger charge is -2.18. The van der Waals surface area contributed by atoms with Gasteiger partial charge < -0.3 is 14.8 Å². The van der Waals surface area contributed by atoms with Gasteiger partial charge in [-0.15, -0.1) is 11.8 Å². The van der Waals surface area contributed by atoms with Gasteiger partial charge in [0.15, 0.2) is 11.5 Å². The maximum Gasteiger partial charge on any atom is 0.243 e. The molecular formula is C20H22N2O5S2. The summed E-state index contributed by atoms with van der Waals surface area (Å²) in [6.45, 7) is 2.14. The fourth-order valence-electron chi connectivity index (χ4n) is 3.27. The Labute approximate surface area is 174 Å². The Bertz CT molecular complexity index is 1000. The maximum atomic E-state index is 12.7. The minimum Gasteiger partial charge on any atom is -0.486 e. The number of anilines is 1. The van der Waals surface area contributed by atoms with Crippen molar-refractivity contribution < 1.29 is 22.7 Å². The predicted molar refractivity (Wildman–Crippen MR) is 111 cm³/mol. The highest BCUT2D eigenvalue weighted by Crippen LogP contribution is 2.34. The van der Waals surface area contributed by atoms with Gasteiger partial charge in [0, 0.05) is 23.7 Å². The summed E-state index contributed by atoms with van der Waals surface area (Å²) in [5.74, 6) is 1.38. The van der Waals surface area contributed by atoms with Crippen molar-refractivity contribution >= 4 is 33.4 Å². The standard InChI is InChI=1S/C20H22N2O5S2/c23-20(14-28-16-6-7-18-19(13-16)27-11-10-26-18)21-15-4-3-5-17(12-15)29(24,25)22-8-1-2-9-22/h3-7,12-13H,1-2,8-11,14H2,(H,21,23). The van der Waals surface area contributed by atoms with Gasteiger partial charge in [0.1, 0.15) is 13.2 Å². The van der Waals surface area contributed by atoms with E-state index in [1.165, 1.54) is 22.1 Å². The average molecular weight is 435 g/mol. The lowest BCUT2D eigenvalue weighted by atomic mass is 10.3. The topological polar surface area (TPSA) is 84.9 Å². The highest BCUT2D eigenvalue weighted by Gasteiger charge is 2.27. The van der Waals surface area contributed by atoms with Crippen LogP contribution in [-0.2, 0) is 14.8 Å². The number of thioether (sulfide) groups is 1. The second-order valence-electron chi connectivity index (χ2n) is 6.78.